The minimum atomic E-state index is 0.619. The molecule has 0 aliphatic heterocycles. The third-order valence-electron chi connectivity index (χ3n) is 3.81. The van der Waals surface area contributed by atoms with Gasteiger partial charge in [-0.15, -0.1) is 0 Å². The molecule has 0 atom stereocenters. The SMILES string of the molecule is Cc1cn(CC(C)C)c(NC2CCC(C)CC2)n1. The van der Waals surface area contributed by atoms with E-state index in [1.807, 2.05) is 0 Å². The molecule has 3 nitrogen and oxygen atoms in total. The molecule has 0 bridgehead atoms. The molecule has 0 saturated heterocycles. The summed E-state index contributed by atoms with van der Waals surface area (Å²) >= 11 is 0. The van der Waals surface area contributed by atoms with Gasteiger partial charge in [-0.1, -0.05) is 20.8 Å². The third-order valence-corrected chi connectivity index (χ3v) is 3.81. The van der Waals surface area contributed by atoms with Gasteiger partial charge in [0.25, 0.3) is 0 Å². The molecule has 1 saturated carbocycles. The molecule has 0 unspecified atom stereocenters. The van der Waals surface area contributed by atoms with Crippen molar-refractivity contribution in [2.24, 2.45) is 11.8 Å². The summed E-state index contributed by atoms with van der Waals surface area (Å²) in [7, 11) is 0. The van der Waals surface area contributed by atoms with E-state index in [1.165, 1.54) is 25.7 Å². The fourth-order valence-electron chi connectivity index (χ4n) is 2.78. The summed E-state index contributed by atoms with van der Waals surface area (Å²) < 4.78 is 2.28. The fourth-order valence-corrected chi connectivity index (χ4v) is 2.78. The van der Waals surface area contributed by atoms with Crippen LogP contribution in [0.4, 0.5) is 5.95 Å². The molecule has 1 aliphatic rings. The summed E-state index contributed by atoms with van der Waals surface area (Å²) in [6.07, 6.45) is 7.43. The average molecular weight is 249 g/mol. The second-order valence-electron chi connectivity index (χ2n) is 6.35. The molecule has 1 aromatic heterocycles. The van der Waals surface area contributed by atoms with Gasteiger partial charge in [-0.05, 0) is 44.4 Å². The summed E-state index contributed by atoms with van der Waals surface area (Å²) in [5.41, 5.74) is 1.11. The van der Waals surface area contributed by atoms with E-state index < -0.39 is 0 Å². The van der Waals surface area contributed by atoms with Crippen molar-refractivity contribution < 1.29 is 0 Å². The van der Waals surface area contributed by atoms with Crippen LogP contribution in [0.25, 0.3) is 0 Å². The number of nitrogens with zero attached hydrogens (tertiary/aromatic N) is 2. The molecule has 1 fully saturated rings. The summed E-state index contributed by atoms with van der Waals surface area (Å²) in [6, 6.07) is 0.619. The zero-order valence-electron chi connectivity index (χ0n) is 12.2. The molecule has 18 heavy (non-hydrogen) atoms. The van der Waals surface area contributed by atoms with Gasteiger partial charge < -0.3 is 9.88 Å². The fraction of sp³-hybridized carbons (Fsp3) is 0.800. The molecule has 1 aromatic rings. The van der Waals surface area contributed by atoms with Gasteiger partial charge in [0.2, 0.25) is 5.95 Å². The largest absolute Gasteiger partial charge is 0.353 e. The summed E-state index contributed by atoms with van der Waals surface area (Å²) in [5, 5.41) is 3.65. The van der Waals surface area contributed by atoms with E-state index in [-0.39, 0.29) is 0 Å². The molecule has 0 spiro atoms. The van der Waals surface area contributed by atoms with Crippen LogP contribution in [0.5, 0.6) is 0 Å². The van der Waals surface area contributed by atoms with Gasteiger partial charge in [0, 0.05) is 18.8 Å². The van der Waals surface area contributed by atoms with Crippen LogP contribution in [0.2, 0.25) is 0 Å². The number of hydrogen-bond acceptors (Lipinski definition) is 2. The van der Waals surface area contributed by atoms with Gasteiger partial charge in [0.05, 0.1) is 5.69 Å². The highest BCUT2D eigenvalue weighted by Crippen LogP contribution is 2.26. The van der Waals surface area contributed by atoms with Crippen LogP contribution in [0.15, 0.2) is 6.20 Å². The lowest BCUT2D eigenvalue weighted by Crippen LogP contribution is -2.27. The Hall–Kier alpha value is -0.990. The van der Waals surface area contributed by atoms with Gasteiger partial charge in [0.15, 0.2) is 0 Å². The van der Waals surface area contributed by atoms with Crippen molar-refractivity contribution in [2.45, 2.75) is 66.0 Å². The van der Waals surface area contributed by atoms with E-state index in [9.17, 15) is 0 Å². The number of aryl methyl sites for hydroxylation is 1. The zero-order valence-corrected chi connectivity index (χ0v) is 12.2. The molecule has 2 rings (SSSR count). The van der Waals surface area contributed by atoms with Crippen LogP contribution in [0, 0.1) is 18.8 Å². The van der Waals surface area contributed by atoms with Gasteiger partial charge in [-0.2, -0.15) is 0 Å². The molecule has 1 N–H and O–H groups in total. The molecule has 102 valence electrons. The molecule has 1 aliphatic carbocycles. The Balaban J connectivity index is 1.99. The molecule has 0 aromatic carbocycles. The Morgan fingerprint density at radius 2 is 2.00 bits per heavy atom. The normalized spacial score (nSPS) is 24.5. The Morgan fingerprint density at radius 3 is 2.61 bits per heavy atom. The second-order valence-corrected chi connectivity index (χ2v) is 6.35. The van der Waals surface area contributed by atoms with Crippen LogP contribution >= 0.6 is 0 Å². The lowest BCUT2D eigenvalue weighted by molar-refractivity contribution is 0.359. The highest BCUT2D eigenvalue weighted by molar-refractivity contribution is 5.30. The number of rotatable bonds is 4. The minimum absolute atomic E-state index is 0.619. The molecular formula is C15H27N3. The number of aromatic nitrogens is 2. The summed E-state index contributed by atoms with van der Waals surface area (Å²) in [6.45, 7) is 9.99. The highest BCUT2D eigenvalue weighted by atomic mass is 15.2. The van der Waals surface area contributed by atoms with Crippen LogP contribution in [0.3, 0.4) is 0 Å². The first-order valence-corrected chi connectivity index (χ1v) is 7.35. The number of imidazole rings is 1. The first-order chi connectivity index (χ1) is 8.54. The van der Waals surface area contributed by atoms with Crippen molar-refractivity contribution >= 4 is 5.95 Å². The number of hydrogen-bond donors (Lipinski definition) is 1. The van der Waals surface area contributed by atoms with Crippen molar-refractivity contribution in [3.8, 4) is 0 Å². The predicted octanol–water partition coefficient (Wildman–Crippen LogP) is 3.84. The Labute approximate surface area is 111 Å². The predicted molar refractivity (Wildman–Crippen MR) is 76.8 cm³/mol. The highest BCUT2D eigenvalue weighted by Gasteiger charge is 2.19. The maximum Gasteiger partial charge on any atom is 0.203 e. The minimum Gasteiger partial charge on any atom is -0.353 e. The lowest BCUT2D eigenvalue weighted by Gasteiger charge is -2.27. The van der Waals surface area contributed by atoms with E-state index in [0.717, 1.165) is 24.1 Å². The van der Waals surface area contributed by atoms with E-state index in [0.29, 0.717) is 12.0 Å². The summed E-state index contributed by atoms with van der Waals surface area (Å²) in [4.78, 5) is 4.63. The average Bonchev–Trinajstić information content (AvgIpc) is 2.61. The van der Waals surface area contributed by atoms with Crippen molar-refractivity contribution in [1.29, 1.82) is 0 Å². The van der Waals surface area contributed by atoms with Crippen molar-refractivity contribution in [1.82, 2.24) is 9.55 Å². The van der Waals surface area contributed by atoms with Crippen LogP contribution in [-0.4, -0.2) is 15.6 Å². The standard InChI is InChI=1S/C15H27N3/c1-11(2)9-18-10-13(4)16-15(18)17-14-7-5-12(3)6-8-14/h10-12,14H,5-9H2,1-4H3,(H,16,17). The van der Waals surface area contributed by atoms with E-state index in [2.05, 4.69) is 48.8 Å². The van der Waals surface area contributed by atoms with Gasteiger partial charge >= 0.3 is 0 Å². The number of nitrogens with one attached hydrogen (secondary N) is 1. The van der Waals surface area contributed by atoms with Crippen molar-refractivity contribution in [3.05, 3.63) is 11.9 Å². The Kier molecular flexibility index (Phi) is 4.31. The monoisotopic (exact) mass is 249 g/mol. The van der Waals surface area contributed by atoms with Crippen molar-refractivity contribution in [2.75, 3.05) is 5.32 Å². The molecule has 0 amide bonds. The van der Waals surface area contributed by atoms with Crippen molar-refractivity contribution in [3.63, 3.8) is 0 Å². The molecule has 1 heterocycles. The second kappa shape index (κ2) is 5.77. The van der Waals surface area contributed by atoms with E-state index >= 15 is 0 Å². The maximum absolute atomic E-state index is 4.63. The Bertz CT molecular complexity index is 373. The topological polar surface area (TPSA) is 29.9 Å². The first-order valence-electron chi connectivity index (χ1n) is 7.35. The molecule has 3 heteroatoms. The smallest absolute Gasteiger partial charge is 0.203 e. The molecular weight excluding hydrogens is 222 g/mol. The van der Waals surface area contributed by atoms with Crippen LogP contribution < -0.4 is 5.32 Å². The number of anilines is 1. The lowest BCUT2D eigenvalue weighted by atomic mass is 9.87. The third kappa shape index (κ3) is 3.50. The van der Waals surface area contributed by atoms with Crippen LogP contribution in [-0.2, 0) is 6.54 Å². The summed E-state index contributed by atoms with van der Waals surface area (Å²) in [5.74, 6) is 2.63. The maximum atomic E-state index is 4.63. The van der Waals surface area contributed by atoms with Gasteiger partial charge in [0.1, 0.15) is 0 Å². The van der Waals surface area contributed by atoms with E-state index in [4.69, 9.17) is 0 Å². The van der Waals surface area contributed by atoms with E-state index in [1.54, 1.807) is 0 Å². The van der Waals surface area contributed by atoms with Crippen LogP contribution in [0.1, 0.15) is 52.1 Å². The Morgan fingerprint density at radius 1 is 1.33 bits per heavy atom. The first kappa shape index (κ1) is 13.4. The molecule has 0 radical (unpaired) electrons. The quantitative estimate of drug-likeness (QED) is 0.878. The zero-order chi connectivity index (χ0) is 13.1. The van der Waals surface area contributed by atoms with Gasteiger partial charge in [-0.3, -0.25) is 0 Å². The van der Waals surface area contributed by atoms with Gasteiger partial charge in [-0.25, -0.2) is 4.98 Å².